The number of rotatable bonds is 7. The summed E-state index contributed by atoms with van der Waals surface area (Å²) >= 11 is 3.71. The molecule has 1 aromatic heterocycles. The number of hydrogen-bond donors (Lipinski definition) is 0. The number of fused-ring (bicyclic) bond motifs is 1. The molecule has 1 heterocycles. The molecular weight excluding hydrogens is 486 g/mol. The third kappa shape index (κ3) is 6.13. The van der Waals surface area contributed by atoms with Crippen LogP contribution in [0.1, 0.15) is 44.8 Å². The van der Waals surface area contributed by atoms with E-state index in [1.807, 2.05) is 70.2 Å². The van der Waals surface area contributed by atoms with Crippen molar-refractivity contribution >= 4 is 32.9 Å². The minimum absolute atomic E-state index is 0.148. The molecule has 7 nitrogen and oxygen atoms in total. The van der Waals surface area contributed by atoms with Crippen molar-refractivity contribution in [3.05, 3.63) is 64.7 Å². The van der Waals surface area contributed by atoms with Gasteiger partial charge in [-0.1, -0.05) is 28.1 Å². The van der Waals surface area contributed by atoms with Crippen LogP contribution in [-0.4, -0.2) is 46.3 Å². The maximum absolute atomic E-state index is 13.5. The van der Waals surface area contributed by atoms with Crippen LogP contribution < -0.4 is 10.3 Å². The molecule has 33 heavy (non-hydrogen) atoms. The maximum Gasteiger partial charge on any atom is 0.410 e. The first-order chi connectivity index (χ1) is 15.6. The van der Waals surface area contributed by atoms with Gasteiger partial charge in [0.25, 0.3) is 5.56 Å². The van der Waals surface area contributed by atoms with Gasteiger partial charge in [0.2, 0.25) is 0 Å². The normalized spacial score (nSPS) is 12.4. The molecule has 3 rings (SSSR count). The monoisotopic (exact) mass is 515 g/mol. The summed E-state index contributed by atoms with van der Waals surface area (Å²) in [5.74, 6) is 1.31. The molecule has 0 bridgehead atoms. The third-order valence-electron chi connectivity index (χ3n) is 4.91. The average molecular weight is 516 g/mol. The van der Waals surface area contributed by atoms with Crippen LogP contribution in [0.15, 0.2) is 53.3 Å². The fourth-order valence-electron chi connectivity index (χ4n) is 3.33. The highest BCUT2D eigenvalue weighted by atomic mass is 79.9. The Hall–Kier alpha value is -2.87. The van der Waals surface area contributed by atoms with Crippen LogP contribution >= 0.6 is 15.9 Å². The molecular formula is C25H30BrN3O4. The fraction of sp³-hybridized carbons (Fsp3) is 0.400. The Labute approximate surface area is 202 Å². The standard InChI is InChI=1S/C25H30BrN3O4/c1-6-32-18-13-11-17(12-14-18)29-22(27-21-10-8-7-9-19(21)23(29)30)20(26)15-16-28(5)24(31)33-25(2,3)4/h7-14,20H,6,15-16H2,1-5H3. The highest BCUT2D eigenvalue weighted by Gasteiger charge is 2.23. The Balaban J connectivity index is 1.94. The van der Waals surface area contributed by atoms with Crippen molar-refractivity contribution in [2.45, 2.75) is 44.5 Å². The number of ether oxygens (including phenoxy) is 2. The van der Waals surface area contributed by atoms with Crippen LogP contribution in [0.25, 0.3) is 16.6 Å². The molecule has 0 saturated heterocycles. The second-order valence-corrected chi connectivity index (χ2v) is 9.82. The first-order valence-electron chi connectivity index (χ1n) is 10.9. The van der Waals surface area contributed by atoms with E-state index in [1.165, 1.54) is 4.90 Å². The first kappa shape index (κ1) is 24.8. The number of aromatic nitrogens is 2. The van der Waals surface area contributed by atoms with Crippen molar-refractivity contribution in [2.24, 2.45) is 0 Å². The number of nitrogens with zero attached hydrogens (tertiary/aromatic N) is 3. The van der Waals surface area contributed by atoms with Crippen molar-refractivity contribution in [3.63, 3.8) is 0 Å². The summed E-state index contributed by atoms with van der Waals surface area (Å²) < 4.78 is 12.6. The van der Waals surface area contributed by atoms with Crippen LogP contribution in [0.4, 0.5) is 4.79 Å². The van der Waals surface area contributed by atoms with Gasteiger partial charge in [-0.3, -0.25) is 9.36 Å². The van der Waals surface area contributed by atoms with Gasteiger partial charge in [-0.15, -0.1) is 0 Å². The molecule has 0 aliphatic rings. The molecule has 1 amide bonds. The Morgan fingerprint density at radius 1 is 1.15 bits per heavy atom. The first-order valence-corrected chi connectivity index (χ1v) is 11.9. The van der Waals surface area contributed by atoms with Crippen molar-refractivity contribution < 1.29 is 14.3 Å². The zero-order chi connectivity index (χ0) is 24.2. The second kappa shape index (κ2) is 10.4. The number of para-hydroxylation sites is 1. The highest BCUT2D eigenvalue weighted by molar-refractivity contribution is 9.09. The summed E-state index contributed by atoms with van der Waals surface area (Å²) in [6, 6.07) is 14.7. The van der Waals surface area contributed by atoms with Crippen LogP contribution in [0.3, 0.4) is 0 Å². The van der Waals surface area contributed by atoms with Gasteiger partial charge < -0.3 is 14.4 Å². The summed E-state index contributed by atoms with van der Waals surface area (Å²) in [5, 5.41) is 0.542. The smallest absolute Gasteiger partial charge is 0.410 e. The second-order valence-electron chi connectivity index (χ2n) is 8.71. The minimum atomic E-state index is -0.562. The maximum atomic E-state index is 13.5. The molecule has 3 aromatic rings. The van der Waals surface area contributed by atoms with E-state index >= 15 is 0 Å². The van der Waals surface area contributed by atoms with Crippen molar-refractivity contribution in [1.29, 1.82) is 0 Å². The zero-order valence-corrected chi connectivity index (χ0v) is 21.3. The van der Waals surface area contributed by atoms with Gasteiger partial charge in [-0.2, -0.15) is 0 Å². The van der Waals surface area contributed by atoms with Crippen LogP contribution in [0.2, 0.25) is 0 Å². The number of carbonyl (C=O) groups excluding carboxylic acids is 1. The summed E-state index contributed by atoms with van der Waals surface area (Å²) in [6.45, 7) is 8.42. The third-order valence-corrected chi connectivity index (χ3v) is 5.78. The molecule has 2 aromatic carbocycles. The number of amides is 1. The van der Waals surface area contributed by atoms with Crippen LogP contribution in [0.5, 0.6) is 5.75 Å². The van der Waals surface area contributed by atoms with Crippen LogP contribution in [0, 0.1) is 0 Å². The lowest BCUT2D eigenvalue weighted by Crippen LogP contribution is -2.35. The van der Waals surface area contributed by atoms with Crippen molar-refractivity contribution in [3.8, 4) is 11.4 Å². The van der Waals surface area contributed by atoms with Gasteiger partial charge in [0.15, 0.2) is 0 Å². The van der Waals surface area contributed by atoms with E-state index < -0.39 is 11.7 Å². The van der Waals surface area contributed by atoms with E-state index in [9.17, 15) is 9.59 Å². The van der Waals surface area contributed by atoms with E-state index in [0.717, 1.165) is 5.75 Å². The Bertz CT molecular complexity index is 1170. The number of benzene rings is 2. The van der Waals surface area contributed by atoms with E-state index in [1.54, 1.807) is 17.7 Å². The predicted octanol–water partition coefficient (Wildman–Crippen LogP) is 5.48. The largest absolute Gasteiger partial charge is 0.494 e. The predicted molar refractivity (Wildman–Crippen MR) is 134 cm³/mol. The summed E-state index contributed by atoms with van der Waals surface area (Å²) in [4.78, 5) is 31.8. The van der Waals surface area contributed by atoms with E-state index in [0.29, 0.717) is 42.0 Å². The lowest BCUT2D eigenvalue weighted by molar-refractivity contribution is 0.0297. The molecule has 1 atom stereocenters. The quantitative estimate of drug-likeness (QED) is 0.389. The van der Waals surface area contributed by atoms with Crippen molar-refractivity contribution in [2.75, 3.05) is 20.2 Å². The lowest BCUT2D eigenvalue weighted by atomic mass is 10.2. The van der Waals surface area contributed by atoms with Gasteiger partial charge in [0.1, 0.15) is 17.2 Å². The van der Waals surface area contributed by atoms with E-state index in [-0.39, 0.29) is 10.4 Å². The molecule has 1 unspecified atom stereocenters. The Morgan fingerprint density at radius 3 is 2.45 bits per heavy atom. The number of halogens is 1. The summed E-state index contributed by atoms with van der Waals surface area (Å²) in [6.07, 6.45) is 0.148. The molecule has 0 radical (unpaired) electrons. The topological polar surface area (TPSA) is 73.7 Å². The van der Waals surface area contributed by atoms with E-state index in [2.05, 4.69) is 15.9 Å². The molecule has 176 valence electrons. The van der Waals surface area contributed by atoms with E-state index in [4.69, 9.17) is 14.5 Å². The van der Waals surface area contributed by atoms with Gasteiger partial charge in [-0.05, 0) is 70.5 Å². The Morgan fingerprint density at radius 2 is 1.82 bits per heavy atom. The lowest BCUT2D eigenvalue weighted by Gasteiger charge is -2.25. The fourth-order valence-corrected chi connectivity index (χ4v) is 3.85. The van der Waals surface area contributed by atoms with Gasteiger partial charge in [0.05, 0.1) is 28.0 Å². The minimum Gasteiger partial charge on any atom is -0.494 e. The van der Waals surface area contributed by atoms with Gasteiger partial charge in [0, 0.05) is 13.6 Å². The molecule has 0 aliphatic carbocycles. The molecule has 0 spiro atoms. The highest BCUT2D eigenvalue weighted by Crippen LogP contribution is 2.28. The Kier molecular flexibility index (Phi) is 7.79. The number of hydrogen-bond acceptors (Lipinski definition) is 5. The molecule has 0 saturated carbocycles. The van der Waals surface area contributed by atoms with Gasteiger partial charge in [-0.25, -0.2) is 9.78 Å². The van der Waals surface area contributed by atoms with Crippen LogP contribution in [-0.2, 0) is 4.74 Å². The summed E-state index contributed by atoms with van der Waals surface area (Å²) in [5.41, 5.74) is 0.615. The summed E-state index contributed by atoms with van der Waals surface area (Å²) in [7, 11) is 1.70. The van der Waals surface area contributed by atoms with Gasteiger partial charge >= 0.3 is 6.09 Å². The molecule has 8 heteroatoms. The molecule has 0 aliphatic heterocycles. The molecule has 0 fully saturated rings. The number of carbonyl (C=O) groups is 1. The zero-order valence-electron chi connectivity index (χ0n) is 19.7. The molecule has 0 N–H and O–H groups in total. The van der Waals surface area contributed by atoms with Crippen molar-refractivity contribution in [1.82, 2.24) is 14.5 Å². The number of alkyl halides is 1. The average Bonchev–Trinajstić information content (AvgIpc) is 2.77. The SMILES string of the molecule is CCOc1ccc(-n2c(C(Br)CCN(C)C(=O)OC(C)(C)C)nc3ccccc3c2=O)cc1.